The van der Waals surface area contributed by atoms with Gasteiger partial charge in [-0.05, 0) is 74.1 Å². The Kier molecular flexibility index (Phi) is 6.14. The van der Waals surface area contributed by atoms with Gasteiger partial charge in [0.15, 0.2) is 0 Å². The Labute approximate surface area is 213 Å². The van der Waals surface area contributed by atoms with Gasteiger partial charge in [0.25, 0.3) is 5.91 Å². The summed E-state index contributed by atoms with van der Waals surface area (Å²) in [4.78, 5) is 45.5. The zero-order valence-corrected chi connectivity index (χ0v) is 21.5. The molecular weight excluding hydrogens is 452 g/mol. The van der Waals surface area contributed by atoms with Crippen molar-refractivity contribution in [3.63, 3.8) is 0 Å². The van der Waals surface area contributed by atoms with E-state index in [2.05, 4.69) is 30.1 Å². The number of nitrogens with zero attached hydrogens (tertiary/aromatic N) is 3. The fraction of sp³-hybridized carbons (Fsp3) is 0.621. The molecule has 7 nitrogen and oxygen atoms in total. The largest absolute Gasteiger partial charge is 0.336 e. The molecule has 4 saturated heterocycles. The highest BCUT2D eigenvalue weighted by molar-refractivity contribution is 6.22. The lowest BCUT2D eigenvalue weighted by Crippen LogP contribution is -2.60. The summed E-state index contributed by atoms with van der Waals surface area (Å²) < 4.78 is 0. The van der Waals surface area contributed by atoms with Crippen LogP contribution in [0.1, 0.15) is 70.3 Å². The Morgan fingerprint density at radius 3 is 2.67 bits per heavy atom. The number of fused-ring (bicyclic) bond motifs is 6. The Morgan fingerprint density at radius 2 is 1.89 bits per heavy atom. The van der Waals surface area contributed by atoms with Gasteiger partial charge in [-0.25, -0.2) is 9.69 Å². The second-order valence-electron chi connectivity index (χ2n) is 11.7. The van der Waals surface area contributed by atoms with E-state index >= 15 is 0 Å². The Bertz CT molecular complexity index is 1080. The minimum atomic E-state index is -0.807. The van der Waals surface area contributed by atoms with Crippen LogP contribution in [0.2, 0.25) is 0 Å². The number of carbonyl (C=O) groups is 3. The summed E-state index contributed by atoms with van der Waals surface area (Å²) in [6.07, 6.45) is 9.66. The number of amides is 4. The van der Waals surface area contributed by atoms with Crippen LogP contribution in [0.15, 0.2) is 35.9 Å². The number of rotatable bonds is 4. The summed E-state index contributed by atoms with van der Waals surface area (Å²) in [5.41, 5.74) is 3.14. The minimum absolute atomic E-state index is 0.0135. The fourth-order valence-corrected chi connectivity index (χ4v) is 7.47. The Morgan fingerprint density at radius 1 is 1.08 bits per heavy atom. The maximum Gasteiger partial charge on any atom is 0.329 e. The topological polar surface area (TPSA) is 73.0 Å². The van der Waals surface area contributed by atoms with Gasteiger partial charge in [-0.1, -0.05) is 44.1 Å². The lowest BCUT2D eigenvalue weighted by molar-refractivity contribution is -0.138. The average molecular weight is 491 g/mol. The summed E-state index contributed by atoms with van der Waals surface area (Å²) in [7, 11) is 0. The van der Waals surface area contributed by atoms with Gasteiger partial charge >= 0.3 is 6.03 Å². The SMILES string of the molecule is CC(C)c1ccc(N2C(=O)N[C@H](CC(=O)N3CCCC4=C[C@@H]5C[C@H](CN6CCCC[C@@H]56)[C@@H]43)C2=O)cc1. The molecule has 1 aromatic carbocycles. The molecule has 0 spiro atoms. The molecule has 6 rings (SSSR count). The van der Waals surface area contributed by atoms with E-state index < -0.39 is 12.1 Å². The van der Waals surface area contributed by atoms with Crippen molar-refractivity contribution in [1.29, 1.82) is 0 Å². The number of hydrogen-bond donors (Lipinski definition) is 1. The molecule has 0 unspecified atom stereocenters. The van der Waals surface area contributed by atoms with Gasteiger partial charge < -0.3 is 10.2 Å². The van der Waals surface area contributed by atoms with Crippen molar-refractivity contribution in [3.8, 4) is 0 Å². The van der Waals surface area contributed by atoms with Crippen LogP contribution in [0, 0.1) is 11.8 Å². The van der Waals surface area contributed by atoms with Gasteiger partial charge in [-0.15, -0.1) is 0 Å². The van der Waals surface area contributed by atoms with Gasteiger partial charge in [0.05, 0.1) is 18.2 Å². The molecule has 1 N–H and O–H groups in total. The summed E-state index contributed by atoms with van der Waals surface area (Å²) in [5.74, 6) is 1.11. The molecule has 2 bridgehead atoms. The lowest BCUT2D eigenvalue weighted by Gasteiger charge is -2.54. The van der Waals surface area contributed by atoms with Crippen LogP contribution in [0.5, 0.6) is 0 Å². The fourth-order valence-electron chi connectivity index (χ4n) is 7.47. The predicted octanol–water partition coefficient (Wildman–Crippen LogP) is 4.05. The number of carbonyl (C=O) groups excluding carboxylic acids is 3. The maximum absolute atomic E-state index is 13.6. The number of piperidine rings is 3. The normalized spacial score (nSPS) is 32.2. The molecule has 0 saturated carbocycles. The van der Waals surface area contributed by atoms with Crippen LogP contribution < -0.4 is 10.2 Å². The molecule has 5 aliphatic rings. The number of likely N-dealkylation sites (tertiary alicyclic amines) is 1. The number of anilines is 1. The van der Waals surface area contributed by atoms with E-state index in [0.717, 1.165) is 31.5 Å². The van der Waals surface area contributed by atoms with Crippen LogP contribution in [0.25, 0.3) is 0 Å². The molecule has 5 atom stereocenters. The highest BCUT2D eigenvalue weighted by Crippen LogP contribution is 2.45. The molecule has 0 radical (unpaired) electrons. The number of nitrogens with one attached hydrogen (secondary N) is 1. The molecule has 4 heterocycles. The third-order valence-electron chi connectivity index (χ3n) is 9.19. The van der Waals surface area contributed by atoms with Crippen molar-refractivity contribution in [2.75, 3.05) is 24.5 Å². The number of hydrogen-bond acceptors (Lipinski definition) is 4. The van der Waals surface area contributed by atoms with Gasteiger partial charge in [-0.3, -0.25) is 14.5 Å². The van der Waals surface area contributed by atoms with E-state index in [1.807, 2.05) is 29.2 Å². The highest BCUT2D eigenvalue weighted by Gasteiger charge is 2.48. The van der Waals surface area contributed by atoms with Gasteiger partial charge in [0.1, 0.15) is 6.04 Å². The molecule has 192 valence electrons. The molecule has 4 amide bonds. The van der Waals surface area contributed by atoms with Crippen molar-refractivity contribution in [2.24, 2.45) is 11.8 Å². The molecule has 1 aliphatic carbocycles. The second-order valence-corrected chi connectivity index (χ2v) is 11.7. The summed E-state index contributed by atoms with van der Waals surface area (Å²) in [6, 6.07) is 7.11. The molecule has 7 heteroatoms. The molecule has 4 aliphatic heterocycles. The Hall–Kier alpha value is -2.67. The van der Waals surface area contributed by atoms with Crippen LogP contribution in [-0.4, -0.2) is 65.4 Å². The van der Waals surface area contributed by atoms with E-state index in [-0.39, 0.29) is 24.3 Å². The van der Waals surface area contributed by atoms with E-state index in [4.69, 9.17) is 0 Å². The quantitative estimate of drug-likeness (QED) is 0.511. The molecule has 0 aromatic heterocycles. The van der Waals surface area contributed by atoms with Crippen LogP contribution in [0.3, 0.4) is 0 Å². The second kappa shape index (κ2) is 9.33. The van der Waals surface area contributed by atoms with Gasteiger partial charge in [0, 0.05) is 19.1 Å². The van der Waals surface area contributed by atoms with Crippen molar-refractivity contribution in [3.05, 3.63) is 41.5 Å². The summed E-state index contributed by atoms with van der Waals surface area (Å²) in [5, 5.41) is 2.78. The summed E-state index contributed by atoms with van der Waals surface area (Å²) in [6.45, 7) is 7.21. The van der Waals surface area contributed by atoms with E-state index in [1.54, 1.807) is 0 Å². The van der Waals surface area contributed by atoms with Crippen molar-refractivity contribution >= 4 is 23.5 Å². The van der Waals surface area contributed by atoms with Crippen LogP contribution >= 0.6 is 0 Å². The first-order chi connectivity index (χ1) is 17.4. The Balaban J connectivity index is 1.17. The first kappa shape index (κ1) is 23.7. The highest BCUT2D eigenvalue weighted by atomic mass is 16.2. The zero-order valence-electron chi connectivity index (χ0n) is 21.5. The van der Waals surface area contributed by atoms with Gasteiger partial charge in [0.2, 0.25) is 5.91 Å². The number of urea groups is 1. The smallest absolute Gasteiger partial charge is 0.329 e. The molecule has 4 fully saturated rings. The molecule has 36 heavy (non-hydrogen) atoms. The van der Waals surface area contributed by atoms with Gasteiger partial charge in [-0.2, -0.15) is 0 Å². The number of imide groups is 1. The maximum atomic E-state index is 13.6. The average Bonchev–Trinajstić information content (AvgIpc) is 3.16. The van der Waals surface area contributed by atoms with Crippen LogP contribution in [-0.2, 0) is 9.59 Å². The third kappa shape index (κ3) is 4.05. The first-order valence-corrected chi connectivity index (χ1v) is 13.9. The van der Waals surface area contributed by atoms with E-state index in [1.165, 1.54) is 42.7 Å². The standard InChI is InChI=1S/C29H38N4O3/c1-18(2)19-8-10-23(11-9-19)33-28(35)24(30-29(33)36)16-26(34)32-13-5-6-20-14-21-15-22(27(20)32)17-31-12-4-3-7-25(21)31/h8-11,14,18,21-22,24-25,27H,3-7,12-13,15-17H2,1-2H3,(H,30,36)/t21-,22-,24-,25+,27-/m1/s1. The van der Waals surface area contributed by atoms with Crippen molar-refractivity contribution in [1.82, 2.24) is 15.1 Å². The summed E-state index contributed by atoms with van der Waals surface area (Å²) >= 11 is 0. The van der Waals surface area contributed by atoms with Crippen LogP contribution in [0.4, 0.5) is 10.5 Å². The predicted molar refractivity (Wildman–Crippen MR) is 139 cm³/mol. The lowest BCUT2D eigenvalue weighted by atomic mass is 9.68. The third-order valence-corrected chi connectivity index (χ3v) is 9.19. The van der Waals surface area contributed by atoms with Crippen molar-refractivity contribution < 1.29 is 14.4 Å². The van der Waals surface area contributed by atoms with Crippen molar-refractivity contribution in [2.45, 2.75) is 82.8 Å². The first-order valence-electron chi connectivity index (χ1n) is 13.9. The monoisotopic (exact) mass is 490 g/mol. The van der Waals surface area contributed by atoms with E-state index in [0.29, 0.717) is 29.5 Å². The minimum Gasteiger partial charge on any atom is -0.336 e. The zero-order chi connectivity index (χ0) is 25.0. The number of benzene rings is 1. The molecule has 1 aromatic rings. The van der Waals surface area contributed by atoms with E-state index in [9.17, 15) is 14.4 Å². The molecular formula is C29H38N4O3.